The number of ether oxygens (including phenoxy) is 2. The molecule has 0 spiro atoms. The van der Waals surface area contributed by atoms with Crippen LogP contribution in [0.3, 0.4) is 0 Å². The van der Waals surface area contributed by atoms with Crippen LogP contribution < -0.4 is 0 Å². The lowest BCUT2D eigenvalue weighted by atomic mass is 10.1. The van der Waals surface area contributed by atoms with Crippen LogP contribution in [0, 0.1) is 5.92 Å². The van der Waals surface area contributed by atoms with Gasteiger partial charge in [0.15, 0.2) is 0 Å². The van der Waals surface area contributed by atoms with Gasteiger partial charge in [0.25, 0.3) is 0 Å². The Labute approximate surface area is 77.1 Å². The molecule has 0 saturated carbocycles. The molecule has 0 aromatic rings. The van der Waals surface area contributed by atoms with E-state index in [0.29, 0.717) is 19.1 Å². The largest absolute Gasteiger partial charge is 0.478 e. The fourth-order valence-electron chi connectivity index (χ4n) is 1.17. The van der Waals surface area contributed by atoms with Crippen molar-refractivity contribution in [3.8, 4) is 0 Å². The molecule has 1 aliphatic rings. The van der Waals surface area contributed by atoms with Gasteiger partial charge in [0.05, 0.1) is 19.8 Å². The first-order valence-electron chi connectivity index (χ1n) is 4.34. The normalized spacial score (nSPS) is 22.6. The lowest BCUT2D eigenvalue weighted by molar-refractivity contribution is -0.131. The number of carboxylic acids is 1. The number of carbonyl (C=O) groups is 1. The summed E-state index contributed by atoms with van der Waals surface area (Å²) < 4.78 is 10.4. The molecule has 1 unspecified atom stereocenters. The van der Waals surface area contributed by atoms with E-state index in [1.807, 2.05) is 0 Å². The predicted molar refractivity (Wildman–Crippen MR) is 46.5 cm³/mol. The average Bonchev–Trinajstić information content (AvgIpc) is 2.55. The highest BCUT2D eigenvalue weighted by molar-refractivity contribution is 5.79. The van der Waals surface area contributed by atoms with Crippen molar-refractivity contribution in [1.29, 1.82) is 0 Å². The van der Waals surface area contributed by atoms with E-state index < -0.39 is 5.97 Å². The number of rotatable bonds is 5. The first-order valence-corrected chi connectivity index (χ1v) is 4.34. The second kappa shape index (κ2) is 5.72. The van der Waals surface area contributed by atoms with Gasteiger partial charge in [-0.15, -0.1) is 0 Å². The van der Waals surface area contributed by atoms with Gasteiger partial charge in [-0.05, 0) is 6.42 Å². The molecule has 74 valence electrons. The van der Waals surface area contributed by atoms with Gasteiger partial charge in [-0.3, -0.25) is 0 Å². The molecule has 1 N–H and O–H groups in total. The lowest BCUT2D eigenvalue weighted by Crippen LogP contribution is -2.09. The van der Waals surface area contributed by atoms with Crippen molar-refractivity contribution < 1.29 is 19.4 Å². The van der Waals surface area contributed by atoms with Crippen LogP contribution in [0.5, 0.6) is 0 Å². The van der Waals surface area contributed by atoms with Gasteiger partial charge in [0, 0.05) is 18.6 Å². The van der Waals surface area contributed by atoms with Crippen LogP contribution >= 0.6 is 0 Å². The predicted octanol–water partition coefficient (Wildman–Crippen LogP) is 0.680. The molecule has 1 rings (SSSR count). The van der Waals surface area contributed by atoms with Crippen LogP contribution in [0.25, 0.3) is 0 Å². The van der Waals surface area contributed by atoms with Crippen molar-refractivity contribution in [2.45, 2.75) is 6.42 Å². The molecule has 0 aromatic carbocycles. The maximum Gasteiger partial charge on any atom is 0.328 e. The Hall–Kier alpha value is -0.870. The molecule has 0 aliphatic carbocycles. The summed E-state index contributed by atoms with van der Waals surface area (Å²) in [5.74, 6) is -0.453. The van der Waals surface area contributed by atoms with E-state index in [4.69, 9.17) is 14.6 Å². The Morgan fingerprint density at radius 1 is 1.69 bits per heavy atom. The van der Waals surface area contributed by atoms with Crippen LogP contribution in [0.1, 0.15) is 6.42 Å². The molecule has 1 aliphatic heterocycles. The smallest absolute Gasteiger partial charge is 0.328 e. The first-order chi connectivity index (χ1) is 6.29. The van der Waals surface area contributed by atoms with Crippen molar-refractivity contribution in [2.24, 2.45) is 5.92 Å². The first kappa shape index (κ1) is 10.2. The van der Waals surface area contributed by atoms with E-state index in [2.05, 4.69) is 0 Å². The summed E-state index contributed by atoms with van der Waals surface area (Å²) in [7, 11) is 0. The molecule has 0 radical (unpaired) electrons. The third kappa shape index (κ3) is 4.65. The highest BCUT2D eigenvalue weighted by Gasteiger charge is 2.14. The molecule has 0 aromatic heterocycles. The Bertz CT molecular complexity index is 182. The summed E-state index contributed by atoms with van der Waals surface area (Å²) in [5, 5.41) is 8.26. The van der Waals surface area contributed by atoms with E-state index in [-0.39, 0.29) is 0 Å². The van der Waals surface area contributed by atoms with Crippen molar-refractivity contribution in [3.05, 3.63) is 12.2 Å². The lowest BCUT2D eigenvalue weighted by Gasteiger charge is -2.05. The maximum absolute atomic E-state index is 10.1. The van der Waals surface area contributed by atoms with Gasteiger partial charge in [-0.2, -0.15) is 0 Å². The Morgan fingerprint density at radius 2 is 2.54 bits per heavy atom. The summed E-state index contributed by atoms with van der Waals surface area (Å²) in [6.45, 7) is 2.61. The third-order valence-corrected chi connectivity index (χ3v) is 1.85. The third-order valence-electron chi connectivity index (χ3n) is 1.85. The second-order valence-electron chi connectivity index (χ2n) is 3.01. The van der Waals surface area contributed by atoms with Crippen LogP contribution in [0.2, 0.25) is 0 Å². The van der Waals surface area contributed by atoms with Crippen molar-refractivity contribution >= 4 is 5.97 Å². The van der Waals surface area contributed by atoms with Crippen molar-refractivity contribution in [2.75, 3.05) is 26.4 Å². The van der Waals surface area contributed by atoms with Gasteiger partial charge in [-0.25, -0.2) is 4.79 Å². The number of hydrogen-bond acceptors (Lipinski definition) is 3. The molecule has 4 heteroatoms. The molecular weight excluding hydrogens is 172 g/mol. The minimum atomic E-state index is -0.937. The number of aliphatic carboxylic acids is 1. The standard InChI is InChI=1S/C9H14O4/c10-9(11)2-1-4-12-6-8-3-5-13-7-8/h1-2,8H,3-7H2,(H,10,11). The monoisotopic (exact) mass is 186 g/mol. The number of carboxylic acid groups (broad SMARTS) is 1. The SMILES string of the molecule is O=C(O)C=CCOCC1CCOC1. The minimum absolute atomic E-state index is 0.364. The van der Waals surface area contributed by atoms with Crippen LogP contribution in [-0.4, -0.2) is 37.5 Å². The topological polar surface area (TPSA) is 55.8 Å². The zero-order chi connectivity index (χ0) is 9.52. The van der Waals surface area contributed by atoms with Gasteiger partial charge in [-0.1, -0.05) is 6.08 Å². The van der Waals surface area contributed by atoms with E-state index in [0.717, 1.165) is 25.7 Å². The Morgan fingerprint density at radius 3 is 3.15 bits per heavy atom. The molecule has 1 heterocycles. The maximum atomic E-state index is 10.1. The Kier molecular flexibility index (Phi) is 4.49. The van der Waals surface area contributed by atoms with Crippen LogP contribution in [0.4, 0.5) is 0 Å². The van der Waals surface area contributed by atoms with Gasteiger partial charge in [0.2, 0.25) is 0 Å². The summed E-state index contributed by atoms with van der Waals surface area (Å²) in [6, 6.07) is 0. The van der Waals surface area contributed by atoms with Gasteiger partial charge >= 0.3 is 5.97 Å². The fourth-order valence-corrected chi connectivity index (χ4v) is 1.17. The zero-order valence-electron chi connectivity index (χ0n) is 7.44. The van der Waals surface area contributed by atoms with E-state index >= 15 is 0 Å². The van der Waals surface area contributed by atoms with E-state index in [1.54, 1.807) is 0 Å². The molecule has 0 bridgehead atoms. The zero-order valence-corrected chi connectivity index (χ0v) is 7.44. The molecule has 0 amide bonds. The molecule has 4 nitrogen and oxygen atoms in total. The van der Waals surface area contributed by atoms with Crippen LogP contribution in [0.15, 0.2) is 12.2 Å². The van der Waals surface area contributed by atoms with E-state index in [1.165, 1.54) is 6.08 Å². The fraction of sp³-hybridized carbons (Fsp3) is 0.667. The van der Waals surface area contributed by atoms with E-state index in [9.17, 15) is 4.79 Å². The second-order valence-corrected chi connectivity index (χ2v) is 3.01. The number of hydrogen-bond donors (Lipinski definition) is 1. The Balaban J connectivity index is 1.97. The summed E-state index contributed by atoms with van der Waals surface area (Å²) in [5.41, 5.74) is 0. The molecule has 1 saturated heterocycles. The molecule has 1 atom stereocenters. The molecular formula is C9H14O4. The highest BCUT2D eigenvalue weighted by Crippen LogP contribution is 2.11. The molecule has 1 fully saturated rings. The van der Waals surface area contributed by atoms with Crippen molar-refractivity contribution in [1.82, 2.24) is 0 Å². The summed E-state index contributed by atoms with van der Waals surface area (Å²) in [6.07, 6.45) is 3.63. The summed E-state index contributed by atoms with van der Waals surface area (Å²) >= 11 is 0. The van der Waals surface area contributed by atoms with Crippen LogP contribution in [-0.2, 0) is 14.3 Å². The quantitative estimate of drug-likeness (QED) is 0.506. The van der Waals surface area contributed by atoms with Gasteiger partial charge in [0.1, 0.15) is 0 Å². The van der Waals surface area contributed by atoms with Crippen molar-refractivity contribution in [3.63, 3.8) is 0 Å². The highest BCUT2D eigenvalue weighted by atomic mass is 16.5. The minimum Gasteiger partial charge on any atom is -0.478 e. The molecule has 13 heavy (non-hydrogen) atoms. The van der Waals surface area contributed by atoms with Gasteiger partial charge < -0.3 is 14.6 Å². The summed E-state index contributed by atoms with van der Waals surface area (Å²) in [4.78, 5) is 10.1. The average molecular weight is 186 g/mol.